The van der Waals surface area contributed by atoms with E-state index in [9.17, 15) is 3.83 Å². The molecule has 1 aliphatic rings. The van der Waals surface area contributed by atoms with Crippen molar-refractivity contribution in [2.45, 2.75) is 6.61 Å². The predicted molar refractivity (Wildman–Crippen MR) is 62.7 cm³/mol. The van der Waals surface area contributed by atoms with Gasteiger partial charge in [-0.15, -0.1) is 0 Å². The Labute approximate surface area is 98.3 Å². The summed E-state index contributed by atoms with van der Waals surface area (Å²) in [7, 11) is 0. The van der Waals surface area contributed by atoms with Crippen LogP contribution in [0.15, 0.2) is 48.5 Å². The summed E-state index contributed by atoms with van der Waals surface area (Å²) >= 11 is -2.18. The molecule has 0 spiro atoms. The molecule has 3 rings (SSSR count). The quantitative estimate of drug-likeness (QED) is 0.745. The molecule has 3 heteroatoms. The third-order valence-corrected chi connectivity index (χ3v) is 4.95. The Kier molecular flexibility index (Phi) is 2.44. The van der Waals surface area contributed by atoms with Gasteiger partial charge in [0.2, 0.25) is 0 Å². The Morgan fingerprint density at radius 2 is 1.81 bits per heavy atom. The van der Waals surface area contributed by atoms with Crippen LogP contribution in [-0.2, 0) is 14.3 Å². The van der Waals surface area contributed by atoms with E-state index in [0.717, 1.165) is 15.6 Å². The topological polar surface area (TPSA) is 26.3 Å². The summed E-state index contributed by atoms with van der Waals surface area (Å²) in [5.74, 6) is 0. The molecule has 1 aliphatic heterocycles. The number of rotatable bonds is 1. The van der Waals surface area contributed by atoms with Crippen molar-refractivity contribution in [3.05, 3.63) is 54.1 Å². The van der Waals surface area contributed by atoms with E-state index in [2.05, 4.69) is 18.2 Å². The van der Waals surface area contributed by atoms with Crippen molar-refractivity contribution < 1.29 is 7.65 Å². The second-order valence-corrected chi connectivity index (χ2v) is 6.09. The standard InChI is InChI=1S/C13H10O2Se/c14-16-13-7-6-11(8-12(13)9-15-16)10-4-2-1-3-5-10/h1-8H,9H2. The first-order valence-corrected chi connectivity index (χ1v) is 7.33. The first-order valence-electron chi connectivity index (χ1n) is 5.08. The second kappa shape index (κ2) is 3.95. The molecule has 1 unspecified atom stereocenters. The van der Waals surface area contributed by atoms with Gasteiger partial charge in [0.25, 0.3) is 0 Å². The molecule has 2 aromatic carbocycles. The molecule has 0 aromatic heterocycles. The molecule has 0 amide bonds. The van der Waals surface area contributed by atoms with Crippen molar-refractivity contribution in [2.75, 3.05) is 0 Å². The maximum atomic E-state index is 11.5. The van der Waals surface area contributed by atoms with Crippen molar-refractivity contribution in [3.8, 4) is 11.1 Å². The van der Waals surface area contributed by atoms with Gasteiger partial charge in [-0.2, -0.15) is 0 Å². The average Bonchev–Trinajstić information content (AvgIpc) is 2.72. The van der Waals surface area contributed by atoms with Gasteiger partial charge in [-0.3, -0.25) is 0 Å². The fraction of sp³-hybridized carbons (Fsp3) is 0.0769. The average molecular weight is 277 g/mol. The van der Waals surface area contributed by atoms with E-state index in [-0.39, 0.29) is 0 Å². The molecule has 1 heterocycles. The van der Waals surface area contributed by atoms with Gasteiger partial charge in [-0.05, 0) is 0 Å². The second-order valence-electron chi connectivity index (χ2n) is 3.69. The normalized spacial score (nSPS) is 18.4. The summed E-state index contributed by atoms with van der Waals surface area (Å²) in [5.41, 5.74) is 3.41. The van der Waals surface area contributed by atoms with E-state index < -0.39 is 14.2 Å². The van der Waals surface area contributed by atoms with E-state index in [1.807, 2.05) is 30.3 Å². The van der Waals surface area contributed by atoms with Crippen LogP contribution in [0.1, 0.15) is 5.56 Å². The number of fused-ring (bicyclic) bond motifs is 1. The summed E-state index contributed by atoms with van der Waals surface area (Å²) in [5, 5.41) is 0. The molecule has 0 saturated carbocycles. The molecule has 0 saturated heterocycles. The minimum atomic E-state index is -2.18. The van der Waals surface area contributed by atoms with Crippen molar-refractivity contribution in [3.63, 3.8) is 0 Å². The molecule has 0 radical (unpaired) electrons. The van der Waals surface area contributed by atoms with Gasteiger partial charge in [0.15, 0.2) is 0 Å². The van der Waals surface area contributed by atoms with Crippen LogP contribution < -0.4 is 4.46 Å². The fourth-order valence-electron chi connectivity index (χ4n) is 1.85. The van der Waals surface area contributed by atoms with Gasteiger partial charge in [-0.25, -0.2) is 0 Å². The van der Waals surface area contributed by atoms with Crippen LogP contribution in [0, 0.1) is 0 Å². The molecule has 0 fully saturated rings. The van der Waals surface area contributed by atoms with E-state index in [4.69, 9.17) is 3.82 Å². The summed E-state index contributed by atoms with van der Waals surface area (Å²) in [6.45, 7) is 0.490. The zero-order valence-corrected chi connectivity index (χ0v) is 10.3. The van der Waals surface area contributed by atoms with Crippen LogP contribution in [0.5, 0.6) is 0 Å². The summed E-state index contributed by atoms with van der Waals surface area (Å²) in [6, 6.07) is 16.2. The zero-order valence-electron chi connectivity index (χ0n) is 8.55. The molecule has 0 N–H and O–H groups in total. The van der Waals surface area contributed by atoms with Gasteiger partial charge in [0, 0.05) is 0 Å². The maximum absolute atomic E-state index is 11.5. The Bertz CT molecular complexity index is 549. The monoisotopic (exact) mass is 278 g/mol. The van der Waals surface area contributed by atoms with Gasteiger partial charge < -0.3 is 0 Å². The molecule has 2 nitrogen and oxygen atoms in total. The first-order chi connectivity index (χ1) is 7.84. The van der Waals surface area contributed by atoms with Gasteiger partial charge in [0.1, 0.15) is 0 Å². The molecule has 1 atom stereocenters. The summed E-state index contributed by atoms with van der Waals surface area (Å²) in [4.78, 5) is 0. The Balaban J connectivity index is 2.09. The van der Waals surface area contributed by atoms with Gasteiger partial charge in [-0.1, -0.05) is 0 Å². The Hall–Kier alpha value is -1.28. The van der Waals surface area contributed by atoms with E-state index in [0.29, 0.717) is 6.61 Å². The molecular weight excluding hydrogens is 267 g/mol. The number of benzene rings is 2. The molecule has 0 bridgehead atoms. The molecule has 80 valence electrons. The molecule has 0 aliphatic carbocycles. The van der Waals surface area contributed by atoms with Crippen molar-refractivity contribution in [2.24, 2.45) is 0 Å². The van der Waals surface area contributed by atoms with Crippen LogP contribution >= 0.6 is 0 Å². The van der Waals surface area contributed by atoms with E-state index >= 15 is 0 Å². The van der Waals surface area contributed by atoms with Crippen LogP contribution in [0.2, 0.25) is 0 Å². The minimum absolute atomic E-state index is 0.490. The third kappa shape index (κ3) is 1.63. The van der Waals surface area contributed by atoms with Gasteiger partial charge >= 0.3 is 98.1 Å². The van der Waals surface area contributed by atoms with E-state index in [1.165, 1.54) is 5.56 Å². The van der Waals surface area contributed by atoms with Gasteiger partial charge in [0.05, 0.1) is 0 Å². The first kappa shape index (κ1) is 9.91. The van der Waals surface area contributed by atoms with Crippen LogP contribution in [0.4, 0.5) is 0 Å². The fourth-order valence-corrected chi connectivity index (χ4v) is 3.68. The van der Waals surface area contributed by atoms with Crippen molar-refractivity contribution in [1.82, 2.24) is 0 Å². The summed E-state index contributed by atoms with van der Waals surface area (Å²) < 4.78 is 17.6. The Morgan fingerprint density at radius 1 is 1.00 bits per heavy atom. The summed E-state index contributed by atoms with van der Waals surface area (Å²) in [6.07, 6.45) is 0. The molecule has 2 aromatic rings. The zero-order chi connectivity index (χ0) is 11.0. The Morgan fingerprint density at radius 3 is 2.62 bits per heavy atom. The number of hydrogen-bond donors (Lipinski definition) is 0. The predicted octanol–water partition coefficient (Wildman–Crippen LogP) is 2.01. The molecule has 16 heavy (non-hydrogen) atoms. The van der Waals surface area contributed by atoms with E-state index in [1.54, 1.807) is 0 Å². The van der Waals surface area contributed by atoms with Crippen LogP contribution in [-0.4, -0.2) is 14.2 Å². The number of hydrogen-bond acceptors (Lipinski definition) is 2. The molecular formula is C13H10O2Se. The SMILES string of the molecule is O=[Se]1OCc2cc(-c3ccccc3)ccc21. The van der Waals surface area contributed by atoms with Crippen LogP contribution in [0.3, 0.4) is 0 Å². The van der Waals surface area contributed by atoms with Crippen molar-refractivity contribution >= 4 is 18.6 Å². The third-order valence-electron chi connectivity index (χ3n) is 2.67. The van der Waals surface area contributed by atoms with Crippen molar-refractivity contribution in [1.29, 1.82) is 0 Å². The van der Waals surface area contributed by atoms with Crippen LogP contribution in [0.25, 0.3) is 11.1 Å².